The van der Waals surface area contributed by atoms with E-state index in [2.05, 4.69) is 0 Å². The molecule has 0 saturated heterocycles. The van der Waals surface area contributed by atoms with Crippen LogP contribution in [0.3, 0.4) is 0 Å². The first-order valence-electron chi connectivity index (χ1n) is 5.30. The van der Waals surface area contributed by atoms with Gasteiger partial charge in [0.25, 0.3) is 0 Å². The Morgan fingerprint density at radius 1 is 1.00 bits per heavy atom. The number of anilines is 1. The average Bonchev–Trinajstić information content (AvgIpc) is 2.26. The largest absolute Gasteiger partial charge is 0.377 e. The Morgan fingerprint density at radius 2 is 1.59 bits per heavy atom. The zero-order valence-corrected chi connectivity index (χ0v) is 11.0. The van der Waals surface area contributed by atoms with Crippen molar-refractivity contribution in [2.75, 3.05) is 25.3 Å². The Labute approximate surface area is 102 Å². The van der Waals surface area contributed by atoms with Gasteiger partial charge < -0.3 is 4.90 Å². The van der Waals surface area contributed by atoms with Crippen molar-refractivity contribution < 1.29 is 8.42 Å². The van der Waals surface area contributed by atoms with Crippen LogP contribution < -0.4 is 4.90 Å². The van der Waals surface area contributed by atoms with Crippen molar-refractivity contribution in [1.82, 2.24) is 0 Å². The van der Waals surface area contributed by atoms with Crippen LogP contribution in [0.5, 0.6) is 0 Å². The quantitative estimate of drug-likeness (QED) is 0.819. The molecule has 0 saturated carbocycles. The fraction of sp³-hybridized carbons (Fsp3) is 0.231. The molecule has 0 atom stereocenters. The smallest absolute Gasteiger partial charge is 0.176 e. The highest BCUT2D eigenvalue weighted by molar-refractivity contribution is 7.91. The van der Waals surface area contributed by atoms with Crippen molar-refractivity contribution in [3.05, 3.63) is 36.4 Å². The summed E-state index contributed by atoms with van der Waals surface area (Å²) >= 11 is 0. The van der Waals surface area contributed by atoms with Crippen LogP contribution in [0.2, 0.25) is 0 Å². The first-order chi connectivity index (χ1) is 7.91. The highest BCUT2D eigenvalue weighted by Gasteiger charge is 2.14. The van der Waals surface area contributed by atoms with Crippen LogP contribution in [0.1, 0.15) is 0 Å². The van der Waals surface area contributed by atoms with Gasteiger partial charge in [0.05, 0.1) is 4.90 Å². The summed E-state index contributed by atoms with van der Waals surface area (Å²) in [5.41, 5.74) is 0.920. The molecule has 17 heavy (non-hydrogen) atoms. The van der Waals surface area contributed by atoms with Crippen LogP contribution >= 0.6 is 0 Å². The second-order valence-electron chi connectivity index (χ2n) is 4.30. The van der Waals surface area contributed by atoms with Crippen LogP contribution in [-0.4, -0.2) is 28.8 Å². The van der Waals surface area contributed by atoms with Crippen molar-refractivity contribution in [1.29, 1.82) is 0 Å². The van der Waals surface area contributed by atoms with Crippen LogP contribution in [-0.2, 0) is 9.84 Å². The molecule has 90 valence electrons. The topological polar surface area (TPSA) is 37.4 Å². The van der Waals surface area contributed by atoms with Gasteiger partial charge in [-0.25, -0.2) is 8.42 Å². The minimum atomic E-state index is -3.21. The number of hydrogen-bond acceptors (Lipinski definition) is 3. The van der Waals surface area contributed by atoms with Gasteiger partial charge in [0, 0.05) is 31.4 Å². The molecule has 2 rings (SSSR count). The number of fused-ring (bicyclic) bond motifs is 1. The Kier molecular flexibility index (Phi) is 2.83. The number of hydrogen-bond donors (Lipinski definition) is 0. The fourth-order valence-corrected chi connectivity index (χ4v) is 2.89. The van der Waals surface area contributed by atoms with E-state index >= 15 is 0 Å². The fourth-order valence-electron chi connectivity index (χ4n) is 1.97. The highest BCUT2D eigenvalue weighted by atomic mass is 32.2. The van der Waals surface area contributed by atoms with Gasteiger partial charge in [0.2, 0.25) is 0 Å². The van der Waals surface area contributed by atoms with Gasteiger partial charge in [-0.15, -0.1) is 0 Å². The summed E-state index contributed by atoms with van der Waals surface area (Å²) < 4.78 is 23.6. The van der Waals surface area contributed by atoms with E-state index in [4.69, 9.17) is 0 Å². The summed E-state index contributed by atoms with van der Waals surface area (Å²) in [6.07, 6.45) is 1.24. The maximum Gasteiger partial charge on any atom is 0.176 e. The van der Waals surface area contributed by atoms with Gasteiger partial charge >= 0.3 is 0 Å². The molecular formula is C13H15NO2S. The van der Waals surface area contributed by atoms with E-state index in [1.54, 1.807) is 12.1 Å². The molecule has 0 heterocycles. The number of rotatable bonds is 2. The molecular weight excluding hydrogens is 234 g/mol. The normalized spacial score (nSPS) is 11.7. The molecule has 0 fully saturated rings. The van der Waals surface area contributed by atoms with E-state index < -0.39 is 9.84 Å². The Balaban J connectivity index is 2.96. The van der Waals surface area contributed by atoms with Crippen molar-refractivity contribution in [3.8, 4) is 0 Å². The second-order valence-corrected chi connectivity index (χ2v) is 6.28. The first-order valence-corrected chi connectivity index (χ1v) is 7.19. The van der Waals surface area contributed by atoms with Crippen LogP contribution in [0.15, 0.2) is 41.3 Å². The third-order valence-electron chi connectivity index (χ3n) is 2.73. The van der Waals surface area contributed by atoms with E-state index in [0.717, 1.165) is 16.5 Å². The minimum absolute atomic E-state index is 0.388. The van der Waals surface area contributed by atoms with Gasteiger partial charge in [-0.1, -0.05) is 24.3 Å². The van der Waals surface area contributed by atoms with E-state index in [1.165, 1.54) is 6.26 Å². The monoisotopic (exact) mass is 249 g/mol. The Hall–Kier alpha value is -1.55. The van der Waals surface area contributed by atoms with Gasteiger partial charge in [-0.3, -0.25) is 0 Å². The van der Waals surface area contributed by atoms with E-state index in [0.29, 0.717) is 4.90 Å². The molecule has 0 aliphatic carbocycles. The average molecular weight is 249 g/mol. The summed E-state index contributed by atoms with van der Waals surface area (Å²) in [5, 5.41) is 1.74. The van der Waals surface area contributed by atoms with Gasteiger partial charge in [0.15, 0.2) is 9.84 Å². The molecule has 0 spiro atoms. The molecule has 0 aliphatic rings. The lowest BCUT2D eigenvalue weighted by Crippen LogP contribution is -2.10. The van der Waals surface area contributed by atoms with E-state index in [9.17, 15) is 8.42 Å². The highest BCUT2D eigenvalue weighted by Crippen LogP contribution is 2.31. The molecule has 0 amide bonds. The van der Waals surface area contributed by atoms with Gasteiger partial charge in [-0.2, -0.15) is 0 Å². The molecule has 3 nitrogen and oxygen atoms in total. The first kappa shape index (κ1) is 11.9. The Bertz CT molecular complexity index is 655. The molecule has 0 radical (unpaired) electrons. The van der Waals surface area contributed by atoms with E-state index in [1.807, 2.05) is 43.3 Å². The minimum Gasteiger partial charge on any atom is -0.377 e. The summed E-state index contributed by atoms with van der Waals surface area (Å²) in [6, 6.07) is 11.2. The molecule has 0 aromatic heterocycles. The number of nitrogens with zero attached hydrogens (tertiary/aromatic N) is 1. The predicted octanol–water partition coefficient (Wildman–Crippen LogP) is 2.31. The lowest BCUT2D eigenvalue weighted by atomic mass is 10.1. The summed E-state index contributed by atoms with van der Waals surface area (Å²) in [5.74, 6) is 0. The summed E-state index contributed by atoms with van der Waals surface area (Å²) in [6.45, 7) is 0. The summed E-state index contributed by atoms with van der Waals surface area (Å²) in [7, 11) is 0.609. The molecule has 2 aromatic carbocycles. The lowest BCUT2D eigenvalue weighted by molar-refractivity contribution is 0.602. The van der Waals surface area contributed by atoms with E-state index in [-0.39, 0.29) is 0 Å². The molecule has 0 aliphatic heterocycles. The SMILES string of the molecule is CN(C)c1cccc2cccc(S(C)(=O)=O)c12. The van der Waals surface area contributed by atoms with Crippen LogP contribution in [0.25, 0.3) is 10.8 Å². The maximum absolute atomic E-state index is 11.8. The van der Waals surface area contributed by atoms with Crippen molar-refractivity contribution in [3.63, 3.8) is 0 Å². The molecule has 0 N–H and O–H groups in total. The molecule has 0 bridgehead atoms. The zero-order valence-electron chi connectivity index (χ0n) is 10.1. The zero-order chi connectivity index (χ0) is 12.6. The summed E-state index contributed by atoms with van der Waals surface area (Å²) in [4.78, 5) is 2.32. The predicted molar refractivity (Wildman–Crippen MR) is 71.4 cm³/mol. The maximum atomic E-state index is 11.8. The number of benzene rings is 2. The van der Waals surface area contributed by atoms with Crippen molar-refractivity contribution >= 4 is 26.3 Å². The standard InChI is InChI=1S/C13H15NO2S/c1-14(2)11-8-4-6-10-7-5-9-12(13(10)11)17(3,15)16/h4-9H,1-3H3. The third kappa shape index (κ3) is 2.13. The van der Waals surface area contributed by atoms with Crippen LogP contribution in [0.4, 0.5) is 5.69 Å². The van der Waals surface area contributed by atoms with Crippen LogP contribution in [0, 0.1) is 0 Å². The molecule has 4 heteroatoms. The van der Waals surface area contributed by atoms with Crippen molar-refractivity contribution in [2.45, 2.75) is 4.90 Å². The van der Waals surface area contributed by atoms with Gasteiger partial charge in [-0.05, 0) is 17.5 Å². The third-order valence-corrected chi connectivity index (χ3v) is 3.86. The number of sulfone groups is 1. The van der Waals surface area contributed by atoms with Crippen molar-refractivity contribution in [2.24, 2.45) is 0 Å². The Morgan fingerprint density at radius 3 is 2.12 bits per heavy atom. The second kappa shape index (κ2) is 4.04. The molecule has 2 aromatic rings. The molecule has 0 unspecified atom stereocenters. The lowest BCUT2D eigenvalue weighted by Gasteiger charge is -2.17. The van der Waals surface area contributed by atoms with Gasteiger partial charge in [0.1, 0.15) is 0 Å².